The lowest BCUT2D eigenvalue weighted by molar-refractivity contribution is 0.0560. The molecular formula is C29H31N7O. The number of aromatic nitrogens is 5. The summed E-state index contributed by atoms with van der Waals surface area (Å²) in [4.78, 5) is 18.3. The average Bonchev–Trinajstić information content (AvgIpc) is 3.62. The maximum Gasteiger partial charge on any atom is 0.168 e. The number of benzene rings is 2. The molecule has 0 spiro atoms. The Hall–Kier alpha value is -3.85. The van der Waals surface area contributed by atoms with Gasteiger partial charge in [-0.25, -0.2) is 15.0 Å². The number of aliphatic hydroxyl groups excluding tert-OH is 1. The van der Waals surface area contributed by atoms with Gasteiger partial charge in [0.15, 0.2) is 17.0 Å². The van der Waals surface area contributed by atoms with E-state index in [9.17, 15) is 5.11 Å². The van der Waals surface area contributed by atoms with Gasteiger partial charge in [0.25, 0.3) is 0 Å². The Kier molecular flexibility index (Phi) is 6.77. The van der Waals surface area contributed by atoms with Crippen LogP contribution >= 0.6 is 0 Å². The highest BCUT2D eigenvalue weighted by molar-refractivity contribution is 5.78. The van der Waals surface area contributed by atoms with Gasteiger partial charge in [0.1, 0.15) is 6.33 Å². The normalized spacial score (nSPS) is 15.9. The van der Waals surface area contributed by atoms with Crippen LogP contribution in [-0.2, 0) is 6.54 Å². The average molecular weight is 494 g/mol. The smallest absolute Gasteiger partial charge is 0.168 e. The van der Waals surface area contributed by atoms with Gasteiger partial charge in [0.05, 0.1) is 25.0 Å². The third-order valence-electron chi connectivity index (χ3n) is 7.11. The van der Waals surface area contributed by atoms with Gasteiger partial charge < -0.3 is 14.2 Å². The molecule has 1 aliphatic heterocycles. The van der Waals surface area contributed by atoms with Crippen LogP contribution in [0.3, 0.4) is 0 Å². The van der Waals surface area contributed by atoms with Crippen LogP contribution in [-0.4, -0.2) is 77.8 Å². The largest absolute Gasteiger partial charge is 0.390 e. The molecular weight excluding hydrogens is 462 g/mol. The predicted molar refractivity (Wildman–Crippen MR) is 143 cm³/mol. The van der Waals surface area contributed by atoms with Crippen LogP contribution < -0.4 is 0 Å². The van der Waals surface area contributed by atoms with E-state index >= 15 is 0 Å². The molecule has 0 aliphatic carbocycles. The Labute approximate surface area is 216 Å². The fraction of sp³-hybridized carbons (Fsp3) is 0.276. The first-order valence-corrected chi connectivity index (χ1v) is 12.8. The molecule has 4 heterocycles. The second-order valence-corrected chi connectivity index (χ2v) is 9.57. The predicted octanol–water partition coefficient (Wildman–Crippen LogP) is 3.39. The van der Waals surface area contributed by atoms with Gasteiger partial charge in [0, 0.05) is 45.1 Å². The fourth-order valence-corrected chi connectivity index (χ4v) is 5.34. The van der Waals surface area contributed by atoms with Crippen molar-refractivity contribution in [2.75, 3.05) is 32.7 Å². The van der Waals surface area contributed by atoms with E-state index < -0.39 is 6.10 Å². The molecule has 37 heavy (non-hydrogen) atoms. The summed E-state index contributed by atoms with van der Waals surface area (Å²) in [6.07, 6.45) is 6.66. The molecule has 1 fully saturated rings. The van der Waals surface area contributed by atoms with E-state index in [2.05, 4.69) is 85.4 Å². The van der Waals surface area contributed by atoms with Gasteiger partial charge in [-0.1, -0.05) is 60.7 Å². The van der Waals surface area contributed by atoms with Crippen LogP contribution in [0, 0.1) is 0 Å². The highest BCUT2D eigenvalue weighted by Gasteiger charge is 2.27. The molecule has 1 aliphatic rings. The number of imidazole rings is 1. The SMILES string of the molecule is O[C@H](CN1CCN(C(c2ccccc2)c2ccccc2)CC1)Cn1cnc2c(-n3cccc3)ncnc21. The van der Waals surface area contributed by atoms with Crippen molar-refractivity contribution in [3.8, 4) is 5.82 Å². The Morgan fingerprint density at radius 3 is 2.03 bits per heavy atom. The van der Waals surface area contributed by atoms with Crippen molar-refractivity contribution in [3.05, 3.63) is 109 Å². The van der Waals surface area contributed by atoms with Crippen LogP contribution in [0.2, 0.25) is 0 Å². The molecule has 8 heteroatoms. The lowest BCUT2D eigenvalue weighted by Gasteiger charge is -2.40. The lowest BCUT2D eigenvalue weighted by atomic mass is 9.96. The minimum atomic E-state index is -0.520. The van der Waals surface area contributed by atoms with Gasteiger partial charge in [-0.3, -0.25) is 9.80 Å². The number of β-amino-alcohol motifs (C(OH)–C–C–N with tert-alkyl or cyclic N) is 1. The molecule has 0 radical (unpaired) electrons. The molecule has 1 saturated heterocycles. The quantitative estimate of drug-likeness (QED) is 0.357. The Morgan fingerprint density at radius 2 is 1.38 bits per heavy atom. The number of rotatable bonds is 8. The van der Waals surface area contributed by atoms with Crippen LogP contribution in [0.15, 0.2) is 97.8 Å². The first-order chi connectivity index (χ1) is 18.3. The monoisotopic (exact) mass is 493 g/mol. The summed E-state index contributed by atoms with van der Waals surface area (Å²) in [6.45, 7) is 4.78. The molecule has 188 valence electrons. The van der Waals surface area contributed by atoms with Crippen molar-refractivity contribution in [2.45, 2.75) is 18.7 Å². The van der Waals surface area contributed by atoms with E-state index in [1.54, 1.807) is 12.7 Å². The zero-order valence-corrected chi connectivity index (χ0v) is 20.7. The second-order valence-electron chi connectivity index (χ2n) is 9.57. The summed E-state index contributed by atoms with van der Waals surface area (Å²) in [5.74, 6) is 0.741. The number of fused-ring (bicyclic) bond motifs is 1. The van der Waals surface area contributed by atoms with Gasteiger partial charge in [-0.15, -0.1) is 0 Å². The van der Waals surface area contributed by atoms with Crippen molar-refractivity contribution in [3.63, 3.8) is 0 Å². The Bertz CT molecular complexity index is 1370. The summed E-state index contributed by atoms with van der Waals surface area (Å²) in [5, 5.41) is 11.0. The molecule has 0 amide bonds. The number of piperazine rings is 1. The van der Waals surface area contributed by atoms with Gasteiger partial charge in [-0.05, 0) is 23.3 Å². The summed E-state index contributed by atoms with van der Waals surface area (Å²) in [5.41, 5.74) is 4.09. The van der Waals surface area contributed by atoms with Gasteiger partial charge >= 0.3 is 0 Å². The summed E-state index contributed by atoms with van der Waals surface area (Å²) in [7, 11) is 0. The molecule has 2 aromatic carbocycles. The summed E-state index contributed by atoms with van der Waals surface area (Å²) < 4.78 is 3.85. The van der Waals surface area contributed by atoms with Crippen LogP contribution in [0.5, 0.6) is 0 Å². The zero-order valence-electron chi connectivity index (χ0n) is 20.7. The topological polar surface area (TPSA) is 75.2 Å². The van der Waals surface area contributed by atoms with E-state index in [1.165, 1.54) is 11.1 Å². The number of aliphatic hydroxyl groups is 1. The molecule has 1 atom stereocenters. The van der Waals surface area contributed by atoms with Crippen molar-refractivity contribution in [2.24, 2.45) is 0 Å². The van der Waals surface area contributed by atoms with Crippen molar-refractivity contribution < 1.29 is 5.11 Å². The molecule has 3 aromatic heterocycles. The highest BCUT2D eigenvalue weighted by Crippen LogP contribution is 2.29. The van der Waals surface area contributed by atoms with Crippen LogP contribution in [0.25, 0.3) is 17.0 Å². The van der Waals surface area contributed by atoms with E-state index in [1.807, 2.05) is 33.7 Å². The molecule has 5 aromatic rings. The lowest BCUT2D eigenvalue weighted by Crippen LogP contribution is -2.50. The molecule has 0 saturated carbocycles. The molecule has 8 nitrogen and oxygen atoms in total. The van der Waals surface area contributed by atoms with Gasteiger partial charge in [0.2, 0.25) is 0 Å². The van der Waals surface area contributed by atoms with Crippen molar-refractivity contribution >= 4 is 11.2 Å². The maximum absolute atomic E-state index is 11.0. The van der Waals surface area contributed by atoms with Crippen molar-refractivity contribution in [1.82, 2.24) is 33.9 Å². The first-order valence-electron chi connectivity index (χ1n) is 12.8. The fourth-order valence-electron chi connectivity index (χ4n) is 5.34. The van der Waals surface area contributed by atoms with E-state index in [-0.39, 0.29) is 6.04 Å². The molecule has 1 N–H and O–H groups in total. The van der Waals surface area contributed by atoms with E-state index in [4.69, 9.17) is 0 Å². The minimum Gasteiger partial charge on any atom is -0.390 e. The summed E-state index contributed by atoms with van der Waals surface area (Å²) >= 11 is 0. The summed E-state index contributed by atoms with van der Waals surface area (Å²) in [6, 6.07) is 25.6. The molecule has 6 rings (SSSR count). The van der Waals surface area contributed by atoms with E-state index in [0.29, 0.717) is 13.1 Å². The number of nitrogens with zero attached hydrogens (tertiary/aromatic N) is 7. The van der Waals surface area contributed by atoms with Crippen LogP contribution in [0.4, 0.5) is 0 Å². The van der Waals surface area contributed by atoms with Crippen LogP contribution in [0.1, 0.15) is 17.2 Å². The number of hydrogen-bond acceptors (Lipinski definition) is 6. The van der Waals surface area contributed by atoms with E-state index in [0.717, 1.165) is 43.2 Å². The first kappa shape index (κ1) is 23.5. The zero-order chi connectivity index (χ0) is 25.0. The molecule has 0 bridgehead atoms. The Balaban J connectivity index is 1.10. The maximum atomic E-state index is 11.0. The van der Waals surface area contributed by atoms with Gasteiger partial charge in [-0.2, -0.15) is 0 Å². The standard InChI is InChI=1S/C29H31N7O/c37-25(20-36-22-32-26-28(30-21-31-29(26)36)35-13-7-8-14-35)19-33-15-17-34(18-16-33)27(23-9-3-1-4-10-23)24-11-5-2-6-12-24/h1-14,21-22,25,27,37H,15-20H2/t25-/m1/s1. The molecule has 0 unspecified atom stereocenters. The third kappa shape index (κ3) is 5.04. The third-order valence-corrected chi connectivity index (χ3v) is 7.11. The van der Waals surface area contributed by atoms with Crippen molar-refractivity contribution in [1.29, 1.82) is 0 Å². The number of hydrogen-bond donors (Lipinski definition) is 1. The highest BCUT2D eigenvalue weighted by atomic mass is 16.3. The minimum absolute atomic E-state index is 0.237. The second kappa shape index (κ2) is 10.6. The Morgan fingerprint density at radius 1 is 0.730 bits per heavy atom.